The fraction of sp³-hybridized carbons (Fsp3) is 0.471. The smallest absolute Gasteiger partial charge is 0.222 e. The van der Waals surface area contributed by atoms with E-state index in [0.29, 0.717) is 6.42 Å². The standard InChI is InChI=1S/C17H23NO/c1-17(2,3)14-8-5-13(6-9-14)7-10-15-11-12-16(19)18(15)4/h5-10,15H,11-12H2,1-4H3/b10-7+/t15-/m0/s1. The minimum atomic E-state index is 0.195. The molecule has 0 aromatic heterocycles. The maximum absolute atomic E-state index is 11.4. The first kappa shape index (κ1) is 13.9. The van der Waals surface area contributed by atoms with Gasteiger partial charge in [0.1, 0.15) is 0 Å². The van der Waals surface area contributed by atoms with Gasteiger partial charge in [-0.25, -0.2) is 0 Å². The fourth-order valence-corrected chi connectivity index (χ4v) is 2.37. The Balaban J connectivity index is 2.06. The molecule has 2 heteroatoms. The molecule has 0 unspecified atom stereocenters. The van der Waals surface area contributed by atoms with Crippen LogP contribution in [0, 0.1) is 0 Å². The molecule has 19 heavy (non-hydrogen) atoms. The number of rotatable bonds is 2. The Kier molecular flexibility index (Phi) is 3.79. The van der Waals surface area contributed by atoms with Crippen LogP contribution in [0.3, 0.4) is 0 Å². The molecule has 0 aliphatic carbocycles. The predicted octanol–water partition coefficient (Wildman–Crippen LogP) is 3.62. The van der Waals surface area contributed by atoms with Crippen molar-refractivity contribution in [2.75, 3.05) is 7.05 Å². The molecule has 1 aromatic rings. The largest absolute Gasteiger partial charge is 0.339 e. The number of hydrogen-bond donors (Lipinski definition) is 0. The van der Waals surface area contributed by atoms with Crippen LogP contribution in [0.2, 0.25) is 0 Å². The molecule has 1 atom stereocenters. The molecule has 1 fully saturated rings. The third-order valence-corrected chi connectivity index (χ3v) is 3.83. The number of benzene rings is 1. The third kappa shape index (κ3) is 3.25. The maximum atomic E-state index is 11.4. The van der Waals surface area contributed by atoms with E-state index in [0.717, 1.165) is 6.42 Å². The normalized spacial score (nSPS) is 20.5. The molecule has 102 valence electrons. The minimum absolute atomic E-state index is 0.195. The van der Waals surface area contributed by atoms with Gasteiger partial charge in [0, 0.05) is 13.5 Å². The number of carbonyl (C=O) groups is 1. The van der Waals surface area contributed by atoms with E-state index in [1.54, 1.807) is 0 Å². The van der Waals surface area contributed by atoms with Crippen molar-refractivity contribution in [2.24, 2.45) is 0 Å². The Morgan fingerprint density at radius 2 is 1.84 bits per heavy atom. The van der Waals surface area contributed by atoms with Crippen LogP contribution in [0.15, 0.2) is 30.3 Å². The zero-order valence-electron chi connectivity index (χ0n) is 12.3. The van der Waals surface area contributed by atoms with Gasteiger partial charge in [0.15, 0.2) is 0 Å². The molecule has 0 saturated carbocycles. The van der Waals surface area contributed by atoms with Crippen molar-refractivity contribution in [1.82, 2.24) is 4.90 Å². The van der Waals surface area contributed by atoms with Crippen molar-refractivity contribution in [3.8, 4) is 0 Å². The number of hydrogen-bond acceptors (Lipinski definition) is 1. The Bertz CT molecular complexity index is 479. The third-order valence-electron chi connectivity index (χ3n) is 3.83. The fourth-order valence-electron chi connectivity index (χ4n) is 2.37. The van der Waals surface area contributed by atoms with Gasteiger partial charge in [-0.05, 0) is 23.0 Å². The average molecular weight is 257 g/mol. The van der Waals surface area contributed by atoms with Gasteiger partial charge in [-0.3, -0.25) is 4.79 Å². The van der Waals surface area contributed by atoms with Crippen molar-refractivity contribution in [1.29, 1.82) is 0 Å². The second-order valence-corrected chi connectivity index (χ2v) is 6.34. The Morgan fingerprint density at radius 1 is 1.21 bits per heavy atom. The van der Waals surface area contributed by atoms with Crippen LogP contribution in [0.4, 0.5) is 0 Å². The minimum Gasteiger partial charge on any atom is -0.339 e. The molecule has 2 nitrogen and oxygen atoms in total. The van der Waals surface area contributed by atoms with Crippen molar-refractivity contribution in [3.63, 3.8) is 0 Å². The van der Waals surface area contributed by atoms with Crippen molar-refractivity contribution in [2.45, 2.75) is 45.1 Å². The van der Waals surface area contributed by atoms with Crippen LogP contribution in [0.25, 0.3) is 6.08 Å². The summed E-state index contributed by atoms with van der Waals surface area (Å²) in [5.41, 5.74) is 2.74. The quantitative estimate of drug-likeness (QED) is 0.792. The highest BCUT2D eigenvalue weighted by Crippen LogP contribution is 2.23. The molecule has 0 spiro atoms. The SMILES string of the molecule is CN1C(=O)CC[C@@H]1/C=C/c1ccc(C(C)(C)C)cc1. The van der Waals surface area contributed by atoms with E-state index in [1.165, 1.54) is 11.1 Å². The summed E-state index contributed by atoms with van der Waals surface area (Å²) >= 11 is 0. The first-order valence-corrected chi connectivity index (χ1v) is 6.92. The lowest BCUT2D eigenvalue weighted by Gasteiger charge is -2.19. The Hall–Kier alpha value is -1.57. The van der Waals surface area contributed by atoms with Crippen molar-refractivity contribution >= 4 is 12.0 Å². The molecule has 0 bridgehead atoms. The topological polar surface area (TPSA) is 20.3 Å². The second kappa shape index (κ2) is 5.20. The van der Waals surface area contributed by atoms with Crippen LogP contribution >= 0.6 is 0 Å². The summed E-state index contributed by atoms with van der Waals surface area (Å²) in [6.07, 6.45) is 5.86. The van der Waals surface area contributed by atoms with Gasteiger partial charge < -0.3 is 4.90 Å². The van der Waals surface area contributed by atoms with Crippen LogP contribution in [0.1, 0.15) is 44.7 Å². The van der Waals surface area contributed by atoms with Crippen molar-refractivity contribution < 1.29 is 4.79 Å². The summed E-state index contributed by atoms with van der Waals surface area (Å²) in [5, 5.41) is 0. The first-order valence-electron chi connectivity index (χ1n) is 6.92. The summed E-state index contributed by atoms with van der Waals surface area (Å²) in [6, 6.07) is 8.92. The number of amides is 1. The van der Waals surface area contributed by atoms with Gasteiger partial charge in [-0.2, -0.15) is 0 Å². The lowest BCUT2D eigenvalue weighted by Crippen LogP contribution is -2.26. The van der Waals surface area contributed by atoms with Gasteiger partial charge in [0.25, 0.3) is 0 Å². The van der Waals surface area contributed by atoms with Crippen LogP contribution in [-0.2, 0) is 10.2 Å². The first-order chi connectivity index (χ1) is 8.88. The second-order valence-electron chi connectivity index (χ2n) is 6.34. The Morgan fingerprint density at radius 3 is 2.32 bits per heavy atom. The summed E-state index contributed by atoms with van der Waals surface area (Å²) in [4.78, 5) is 13.3. The summed E-state index contributed by atoms with van der Waals surface area (Å²) in [7, 11) is 1.88. The molecular weight excluding hydrogens is 234 g/mol. The number of nitrogens with zero attached hydrogens (tertiary/aromatic N) is 1. The summed E-state index contributed by atoms with van der Waals surface area (Å²) in [5.74, 6) is 0.248. The highest BCUT2D eigenvalue weighted by molar-refractivity contribution is 5.79. The zero-order valence-corrected chi connectivity index (χ0v) is 12.3. The highest BCUT2D eigenvalue weighted by atomic mass is 16.2. The van der Waals surface area contributed by atoms with Gasteiger partial charge in [-0.15, -0.1) is 0 Å². The van der Waals surface area contributed by atoms with E-state index in [2.05, 4.69) is 57.2 Å². The van der Waals surface area contributed by atoms with E-state index in [1.807, 2.05) is 11.9 Å². The molecular formula is C17H23NO. The molecule has 1 aliphatic rings. The van der Waals surface area contributed by atoms with Crippen molar-refractivity contribution in [3.05, 3.63) is 41.5 Å². The average Bonchev–Trinajstić information content (AvgIpc) is 2.67. The molecule has 1 aromatic carbocycles. The monoisotopic (exact) mass is 257 g/mol. The van der Waals surface area contributed by atoms with Crippen LogP contribution < -0.4 is 0 Å². The molecule has 1 amide bonds. The van der Waals surface area contributed by atoms with E-state index >= 15 is 0 Å². The van der Waals surface area contributed by atoms with E-state index in [4.69, 9.17) is 0 Å². The van der Waals surface area contributed by atoms with Crippen LogP contribution in [-0.4, -0.2) is 23.9 Å². The maximum Gasteiger partial charge on any atom is 0.222 e. The molecule has 0 radical (unpaired) electrons. The summed E-state index contributed by atoms with van der Waals surface area (Å²) < 4.78 is 0. The molecule has 0 N–H and O–H groups in total. The summed E-state index contributed by atoms with van der Waals surface area (Å²) in [6.45, 7) is 6.66. The predicted molar refractivity (Wildman–Crippen MR) is 80.0 cm³/mol. The molecule has 1 aliphatic heterocycles. The molecule has 1 saturated heterocycles. The molecule has 2 rings (SSSR count). The van der Waals surface area contributed by atoms with Gasteiger partial charge in [0.2, 0.25) is 5.91 Å². The highest BCUT2D eigenvalue weighted by Gasteiger charge is 2.24. The number of carbonyl (C=O) groups excluding carboxylic acids is 1. The lowest BCUT2D eigenvalue weighted by molar-refractivity contribution is -0.127. The zero-order chi connectivity index (χ0) is 14.0. The van der Waals surface area contributed by atoms with Gasteiger partial charge >= 0.3 is 0 Å². The Labute approximate surface area is 116 Å². The number of likely N-dealkylation sites (tertiary alicyclic amines) is 1. The molecule has 1 heterocycles. The van der Waals surface area contributed by atoms with E-state index in [-0.39, 0.29) is 17.4 Å². The number of likely N-dealkylation sites (N-methyl/N-ethyl adjacent to an activating group) is 1. The van der Waals surface area contributed by atoms with Gasteiger partial charge in [0.05, 0.1) is 6.04 Å². The lowest BCUT2D eigenvalue weighted by atomic mass is 9.87. The van der Waals surface area contributed by atoms with Gasteiger partial charge in [-0.1, -0.05) is 57.2 Å². The van der Waals surface area contributed by atoms with E-state index in [9.17, 15) is 4.79 Å². The van der Waals surface area contributed by atoms with Crippen LogP contribution in [0.5, 0.6) is 0 Å². The van der Waals surface area contributed by atoms with E-state index < -0.39 is 0 Å².